The molecule has 0 saturated heterocycles. The molecule has 0 N–H and O–H groups in total. The fourth-order valence-corrected chi connectivity index (χ4v) is 6.48. The summed E-state index contributed by atoms with van der Waals surface area (Å²) in [6.45, 7) is 9.12. The number of hydrogen-bond donors (Lipinski definition) is 0. The Bertz CT molecular complexity index is 1700. The Hall–Kier alpha value is -2.22. The van der Waals surface area contributed by atoms with Crippen molar-refractivity contribution in [3.63, 3.8) is 0 Å². The van der Waals surface area contributed by atoms with Crippen molar-refractivity contribution >= 4 is 26.4 Å². The molecule has 0 amide bonds. The van der Waals surface area contributed by atoms with Crippen molar-refractivity contribution in [1.82, 2.24) is 0 Å². The van der Waals surface area contributed by atoms with Gasteiger partial charge in [-0.3, -0.25) is 0 Å². The van der Waals surface area contributed by atoms with Crippen molar-refractivity contribution in [2.24, 2.45) is 5.92 Å². The van der Waals surface area contributed by atoms with Gasteiger partial charge < -0.3 is 24.8 Å². The van der Waals surface area contributed by atoms with E-state index in [2.05, 4.69) is 136 Å². The summed E-state index contributed by atoms with van der Waals surface area (Å²) in [5.41, 5.74) is 14.0. The third-order valence-electron chi connectivity index (χ3n) is 8.46. The Morgan fingerprint density at radius 1 is 0.786 bits per heavy atom. The maximum atomic E-state index is 3.74. The Labute approximate surface area is 285 Å². The molecule has 0 nitrogen and oxygen atoms in total. The van der Waals surface area contributed by atoms with E-state index in [1.54, 1.807) is 0 Å². The van der Waals surface area contributed by atoms with E-state index in [0.717, 1.165) is 22.4 Å². The molecular weight excluding hydrogens is 647 g/mol. The molecule has 0 saturated carbocycles. The predicted molar refractivity (Wildman–Crippen MR) is 171 cm³/mol. The van der Waals surface area contributed by atoms with Gasteiger partial charge in [-0.15, -0.1) is 16.7 Å². The molecule has 0 aliphatic heterocycles. The molecule has 5 aromatic carbocycles. The zero-order chi connectivity index (χ0) is 26.9. The third-order valence-corrected chi connectivity index (χ3v) is 8.46. The van der Waals surface area contributed by atoms with Crippen LogP contribution in [0.15, 0.2) is 103 Å². The minimum absolute atomic E-state index is 0. The van der Waals surface area contributed by atoms with Crippen LogP contribution in [0.3, 0.4) is 0 Å². The van der Waals surface area contributed by atoms with Crippen LogP contribution in [0.1, 0.15) is 54.0 Å². The van der Waals surface area contributed by atoms with Crippen molar-refractivity contribution in [1.29, 1.82) is 0 Å². The van der Waals surface area contributed by atoms with Crippen LogP contribution < -0.4 is 24.8 Å². The fraction of sp³-hybridized carbons (Fsp3) is 0.211. The summed E-state index contributed by atoms with van der Waals surface area (Å²) in [5, 5.41) is 2.61. The van der Waals surface area contributed by atoms with E-state index in [1.807, 2.05) is 0 Å². The van der Waals surface area contributed by atoms with Gasteiger partial charge in [0.05, 0.1) is 0 Å². The summed E-state index contributed by atoms with van der Waals surface area (Å²) in [5.74, 6) is 0.768. The molecule has 2 aliphatic rings. The molecule has 0 aromatic heterocycles. The van der Waals surface area contributed by atoms with E-state index in [0.29, 0.717) is 5.92 Å². The Balaban J connectivity index is 0.000000776. The molecule has 2 unspecified atom stereocenters. The normalized spacial score (nSPS) is 14.5. The molecule has 0 bridgehead atoms. The maximum absolute atomic E-state index is 3.74. The van der Waals surface area contributed by atoms with E-state index >= 15 is 0 Å². The second-order valence-corrected chi connectivity index (χ2v) is 12.1. The van der Waals surface area contributed by atoms with Crippen LogP contribution >= 0.6 is 0 Å². The van der Waals surface area contributed by atoms with E-state index < -0.39 is 0 Å². The van der Waals surface area contributed by atoms with Crippen molar-refractivity contribution in [2.45, 2.75) is 45.7 Å². The second kappa shape index (κ2) is 15.0. The first-order valence-electron chi connectivity index (χ1n) is 14.3. The van der Waals surface area contributed by atoms with Crippen LogP contribution in [0.5, 0.6) is 0 Å². The van der Waals surface area contributed by atoms with Gasteiger partial charge in [0.25, 0.3) is 0 Å². The minimum atomic E-state index is 0. The summed E-state index contributed by atoms with van der Waals surface area (Å²) >= 11 is 0. The second-order valence-electron chi connectivity index (χ2n) is 10.9. The number of rotatable bonds is 4. The van der Waals surface area contributed by atoms with Crippen LogP contribution in [0.2, 0.25) is 13.1 Å². The topological polar surface area (TPSA) is 0 Å². The molecule has 5 aromatic rings. The van der Waals surface area contributed by atoms with Gasteiger partial charge in [0.15, 0.2) is 0 Å². The van der Waals surface area contributed by atoms with Gasteiger partial charge in [-0.25, -0.2) is 0 Å². The van der Waals surface area contributed by atoms with Crippen LogP contribution in [-0.4, -0.2) is 9.52 Å². The average molecular weight is 683 g/mol. The molecule has 0 fully saturated rings. The number of allylic oxidation sites excluding steroid dienone is 1. The SMILES string of the molecule is CCC(C)C1=Cc2c(-c3cccc4ccccc34)cccc2C1c1[c-]ccc2c1Cc1ccccc1-2.C[SiH]C.[Cl-].[Cl-].[Zr+3]. The molecule has 7 rings (SSSR count). The molecule has 42 heavy (non-hydrogen) atoms. The smallest absolute Gasteiger partial charge is 1.00 e. The van der Waals surface area contributed by atoms with Crippen molar-refractivity contribution < 1.29 is 51.0 Å². The van der Waals surface area contributed by atoms with Crippen molar-refractivity contribution in [3.05, 3.63) is 137 Å². The number of benzene rings is 5. The zero-order valence-corrected chi connectivity index (χ0v) is 29.8. The average Bonchev–Trinajstić information content (AvgIpc) is 3.56. The molecule has 2 radical (unpaired) electrons. The molecule has 2 atom stereocenters. The first kappa shape index (κ1) is 34.3. The van der Waals surface area contributed by atoms with Crippen LogP contribution in [-0.2, 0) is 32.6 Å². The van der Waals surface area contributed by atoms with E-state index in [4.69, 9.17) is 0 Å². The van der Waals surface area contributed by atoms with Gasteiger partial charge in [0.1, 0.15) is 0 Å². The molecular formula is C38H36Cl2SiZr. The number of hydrogen-bond acceptors (Lipinski definition) is 0. The van der Waals surface area contributed by atoms with Crippen LogP contribution in [0, 0.1) is 12.0 Å². The maximum Gasteiger partial charge on any atom is 3.00 e. The summed E-state index contributed by atoms with van der Waals surface area (Å²) in [6, 6.07) is 39.4. The molecule has 4 heteroatoms. The Morgan fingerprint density at radius 3 is 2.21 bits per heavy atom. The standard InChI is InChI=1S/C36H29.C2H7Si.2ClH.Zr/c1-3-23(2)33-22-35-30(28-16-8-13-24-11-4-6-14-26(24)28)18-10-20-32(35)36(33)31-19-9-17-29-27-15-7-5-12-25(27)21-34(29)31;1-3-2;;;/h4-18,20,22-23,36H,3,21H2,1-2H3;3H,1-2H3;2*1H;/q-1;;;;+3/p-2. The minimum Gasteiger partial charge on any atom is -1.00 e. The summed E-state index contributed by atoms with van der Waals surface area (Å²) in [6.07, 6.45) is 4.65. The largest absolute Gasteiger partial charge is 3.00 e. The van der Waals surface area contributed by atoms with Gasteiger partial charge in [-0.05, 0) is 62.9 Å². The van der Waals surface area contributed by atoms with Gasteiger partial charge in [0, 0.05) is 15.4 Å². The molecule has 0 spiro atoms. The van der Waals surface area contributed by atoms with Gasteiger partial charge >= 0.3 is 26.2 Å². The first-order chi connectivity index (χ1) is 19.2. The molecule has 0 heterocycles. The summed E-state index contributed by atoms with van der Waals surface area (Å²) in [7, 11) is 0.750. The van der Waals surface area contributed by atoms with Gasteiger partial charge in [-0.1, -0.05) is 124 Å². The van der Waals surface area contributed by atoms with Crippen LogP contribution in [0.4, 0.5) is 0 Å². The Morgan fingerprint density at radius 2 is 1.43 bits per heavy atom. The number of halogens is 2. The predicted octanol–water partition coefficient (Wildman–Crippen LogP) is 3.98. The van der Waals surface area contributed by atoms with E-state index in [-0.39, 0.29) is 56.9 Å². The summed E-state index contributed by atoms with van der Waals surface area (Å²) in [4.78, 5) is 0. The van der Waals surface area contributed by atoms with Crippen molar-refractivity contribution in [3.8, 4) is 22.3 Å². The fourth-order valence-electron chi connectivity index (χ4n) is 6.48. The van der Waals surface area contributed by atoms with Crippen LogP contribution in [0.25, 0.3) is 39.1 Å². The van der Waals surface area contributed by atoms with E-state index in [9.17, 15) is 0 Å². The Kier molecular flexibility index (Phi) is 12.2. The quantitative estimate of drug-likeness (QED) is 0.195. The zero-order valence-electron chi connectivity index (χ0n) is 24.7. The number of fused-ring (bicyclic) bond motifs is 5. The van der Waals surface area contributed by atoms with Gasteiger partial charge in [0.2, 0.25) is 0 Å². The molecule has 210 valence electrons. The monoisotopic (exact) mass is 680 g/mol. The summed E-state index contributed by atoms with van der Waals surface area (Å²) < 4.78 is 0. The molecule has 2 aliphatic carbocycles. The van der Waals surface area contributed by atoms with Crippen molar-refractivity contribution in [2.75, 3.05) is 0 Å². The van der Waals surface area contributed by atoms with E-state index in [1.165, 1.54) is 66.4 Å². The first-order valence-corrected chi connectivity index (χ1v) is 16.6. The third kappa shape index (κ3) is 6.07. The van der Waals surface area contributed by atoms with Gasteiger partial charge in [-0.2, -0.15) is 18.2 Å².